The number of benzene rings is 1. The second-order valence-electron chi connectivity index (χ2n) is 4.26. The number of carbonyl (C=O) groups is 1. The lowest BCUT2D eigenvalue weighted by Crippen LogP contribution is -2.15. The normalized spacial score (nSPS) is 11.1. The van der Waals surface area contributed by atoms with Crippen molar-refractivity contribution in [1.29, 1.82) is 0 Å². The average molecular weight is 361 g/mol. The Hall–Kier alpha value is -2.39. The zero-order valence-corrected chi connectivity index (χ0v) is 13.2. The van der Waals surface area contributed by atoms with E-state index in [1.807, 2.05) is 0 Å². The highest BCUT2D eigenvalue weighted by Crippen LogP contribution is 2.27. The summed E-state index contributed by atoms with van der Waals surface area (Å²) in [6.45, 7) is 0. The summed E-state index contributed by atoms with van der Waals surface area (Å²) in [5.74, 6) is -2.46. The molecule has 10 heteroatoms. The number of methoxy groups -OCH3 is 1. The van der Waals surface area contributed by atoms with Crippen molar-refractivity contribution in [2.45, 2.75) is 4.90 Å². The van der Waals surface area contributed by atoms with Crippen molar-refractivity contribution < 1.29 is 27.4 Å². The van der Waals surface area contributed by atoms with Crippen LogP contribution in [0.1, 0.15) is 10.4 Å². The van der Waals surface area contributed by atoms with Crippen LogP contribution < -0.4 is 9.46 Å². The van der Waals surface area contributed by atoms with Crippen LogP contribution >= 0.6 is 11.6 Å². The lowest BCUT2D eigenvalue weighted by molar-refractivity contribution is 0.0691. The number of aromatic nitrogens is 1. The molecule has 0 amide bonds. The van der Waals surface area contributed by atoms with Gasteiger partial charge in [-0.25, -0.2) is 22.6 Å². The Morgan fingerprint density at radius 1 is 1.39 bits per heavy atom. The fourth-order valence-electron chi connectivity index (χ4n) is 1.67. The summed E-state index contributed by atoms with van der Waals surface area (Å²) in [6, 6.07) is 4.09. The van der Waals surface area contributed by atoms with Crippen LogP contribution in [-0.4, -0.2) is 31.6 Å². The molecule has 0 aliphatic heterocycles. The molecule has 0 unspecified atom stereocenters. The minimum absolute atomic E-state index is 0.100. The van der Waals surface area contributed by atoms with Crippen molar-refractivity contribution in [2.75, 3.05) is 11.8 Å². The van der Waals surface area contributed by atoms with Gasteiger partial charge in [0, 0.05) is 6.07 Å². The number of aromatic carboxylic acids is 1. The Morgan fingerprint density at radius 3 is 2.61 bits per heavy atom. The molecule has 2 N–H and O–H groups in total. The van der Waals surface area contributed by atoms with Gasteiger partial charge in [0.1, 0.15) is 10.7 Å². The van der Waals surface area contributed by atoms with Crippen molar-refractivity contribution in [3.05, 3.63) is 46.9 Å². The molecule has 1 aromatic heterocycles. The van der Waals surface area contributed by atoms with E-state index in [4.69, 9.17) is 21.4 Å². The first-order chi connectivity index (χ1) is 10.7. The summed E-state index contributed by atoms with van der Waals surface area (Å²) in [5.41, 5.74) is -0.703. The number of ether oxygens (including phenoxy) is 1. The topological polar surface area (TPSA) is 106 Å². The van der Waals surface area contributed by atoms with Gasteiger partial charge in [0.2, 0.25) is 5.88 Å². The summed E-state index contributed by atoms with van der Waals surface area (Å²) in [7, 11) is -2.83. The number of pyridine rings is 1. The number of anilines is 1. The lowest BCUT2D eigenvalue weighted by atomic mass is 10.2. The summed E-state index contributed by atoms with van der Waals surface area (Å²) >= 11 is 5.72. The van der Waals surface area contributed by atoms with E-state index in [0.717, 1.165) is 0 Å². The van der Waals surface area contributed by atoms with Crippen molar-refractivity contribution >= 4 is 33.3 Å². The number of nitrogens with zero attached hydrogens (tertiary/aromatic N) is 1. The van der Waals surface area contributed by atoms with E-state index < -0.39 is 37.3 Å². The SMILES string of the molecule is COc1ccc(NS(=O)(=O)c2cc(C(=O)O)c(F)cc2Cl)cn1. The first kappa shape index (κ1) is 17.0. The fraction of sp³-hybridized carbons (Fsp3) is 0.0769. The Morgan fingerprint density at radius 2 is 2.09 bits per heavy atom. The van der Waals surface area contributed by atoms with Crippen LogP contribution in [0.4, 0.5) is 10.1 Å². The second kappa shape index (κ2) is 6.39. The average Bonchev–Trinajstić information content (AvgIpc) is 2.46. The smallest absolute Gasteiger partial charge is 0.338 e. The molecule has 0 fully saturated rings. The minimum Gasteiger partial charge on any atom is -0.481 e. The molecular weight excluding hydrogens is 351 g/mol. The van der Waals surface area contributed by atoms with Gasteiger partial charge >= 0.3 is 5.97 Å². The third kappa shape index (κ3) is 3.69. The van der Waals surface area contributed by atoms with Crippen molar-refractivity contribution in [1.82, 2.24) is 4.98 Å². The number of sulfonamides is 1. The summed E-state index contributed by atoms with van der Waals surface area (Å²) < 4.78 is 45.1. The maximum absolute atomic E-state index is 13.5. The molecule has 0 bridgehead atoms. The van der Waals surface area contributed by atoms with E-state index in [2.05, 4.69) is 9.71 Å². The Bertz CT molecular complexity index is 855. The van der Waals surface area contributed by atoms with Gasteiger partial charge in [0.25, 0.3) is 10.0 Å². The highest BCUT2D eigenvalue weighted by molar-refractivity contribution is 7.92. The summed E-state index contributed by atoms with van der Waals surface area (Å²) in [5, 5.41) is 8.43. The van der Waals surface area contributed by atoms with Gasteiger partial charge in [-0.15, -0.1) is 0 Å². The molecule has 0 spiro atoms. The van der Waals surface area contributed by atoms with E-state index in [9.17, 15) is 17.6 Å². The first-order valence-corrected chi connectivity index (χ1v) is 7.86. The van der Waals surface area contributed by atoms with Gasteiger partial charge in [-0.1, -0.05) is 11.6 Å². The van der Waals surface area contributed by atoms with Gasteiger partial charge < -0.3 is 9.84 Å². The highest BCUT2D eigenvalue weighted by atomic mass is 35.5. The molecule has 0 atom stereocenters. The van der Waals surface area contributed by atoms with Gasteiger partial charge in [0.15, 0.2) is 0 Å². The maximum Gasteiger partial charge on any atom is 0.338 e. The fourth-order valence-corrected chi connectivity index (χ4v) is 3.26. The van der Waals surface area contributed by atoms with E-state index in [0.29, 0.717) is 12.1 Å². The monoisotopic (exact) mass is 360 g/mol. The van der Waals surface area contributed by atoms with Crippen molar-refractivity contribution in [3.63, 3.8) is 0 Å². The third-order valence-electron chi connectivity index (χ3n) is 2.74. The van der Waals surface area contributed by atoms with E-state index in [-0.39, 0.29) is 11.6 Å². The van der Waals surface area contributed by atoms with Crippen molar-refractivity contribution in [3.8, 4) is 5.88 Å². The maximum atomic E-state index is 13.5. The summed E-state index contributed by atoms with van der Waals surface area (Å²) in [4.78, 5) is 14.2. The summed E-state index contributed by atoms with van der Waals surface area (Å²) in [6.07, 6.45) is 1.20. The molecular formula is C13H10ClFN2O5S. The zero-order chi connectivity index (χ0) is 17.2. The molecule has 0 saturated carbocycles. The standard InChI is InChI=1S/C13H10ClFN2O5S/c1-22-12-3-2-7(6-16-12)17-23(20,21)11-4-8(13(18)19)10(15)5-9(11)14/h2-6,17H,1H3,(H,18,19). The highest BCUT2D eigenvalue weighted by Gasteiger charge is 2.23. The molecule has 7 nitrogen and oxygen atoms in total. The second-order valence-corrected chi connectivity index (χ2v) is 6.32. The van der Waals surface area contributed by atoms with E-state index >= 15 is 0 Å². The molecule has 0 aliphatic carbocycles. The van der Waals surface area contributed by atoms with Crippen LogP contribution in [0.3, 0.4) is 0 Å². The molecule has 0 aliphatic rings. The number of carboxylic acids is 1. The molecule has 0 saturated heterocycles. The molecule has 23 heavy (non-hydrogen) atoms. The predicted molar refractivity (Wildman–Crippen MR) is 80.0 cm³/mol. The minimum atomic E-state index is -4.23. The molecule has 2 rings (SSSR count). The largest absolute Gasteiger partial charge is 0.481 e. The van der Waals surface area contributed by atoms with Crippen LogP contribution in [0.2, 0.25) is 5.02 Å². The van der Waals surface area contributed by atoms with Gasteiger partial charge in [-0.3, -0.25) is 4.72 Å². The number of rotatable bonds is 5. The molecule has 0 radical (unpaired) electrons. The van der Waals surface area contributed by atoms with Crippen LogP contribution in [-0.2, 0) is 10.0 Å². The Kier molecular flexibility index (Phi) is 4.71. The van der Waals surface area contributed by atoms with Crippen molar-refractivity contribution in [2.24, 2.45) is 0 Å². The van der Waals surface area contributed by atoms with Crippen LogP contribution in [0, 0.1) is 5.82 Å². The zero-order valence-electron chi connectivity index (χ0n) is 11.6. The van der Waals surface area contributed by atoms with Crippen LogP contribution in [0.15, 0.2) is 35.4 Å². The number of hydrogen-bond donors (Lipinski definition) is 2. The molecule has 122 valence electrons. The van der Waals surface area contributed by atoms with Gasteiger partial charge in [-0.05, 0) is 18.2 Å². The first-order valence-electron chi connectivity index (χ1n) is 6.00. The van der Waals surface area contributed by atoms with Gasteiger partial charge in [-0.2, -0.15) is 0 Å². The molecule has 1 heterocycles. The lowest BCUT2D eigenvalue weighted by Gasteiger charge is -2.11. The third-order valence-corrected chi connectivity index (χ3v) is 4.59. The quantitative estimate of drug-likeness (QED) is 0.848. The van der Waals surface area contributed by atoms with E-state index in [1.54, 1.807) is 0 Å². The molecule has 1 aromatic carbocycles. The Balaban J connectivity index is 2.42. The van der Waals surface area contributed by atoms with Crippen LogP contribution in [0.5, 0.6) is 5.88 Å². The van der Waals surface area contributed by atoms with Crippen LogP contribution in [0.25, 0.3) is 0 Å². The van der Waals surface area contributed by atoms with Gasteiger partial charge in [0.05, 0.1) is 29.6 Å². The molecule has 2 aromatic rings. The number of halogens is 2. The number of nitrogens with one attached hydrogen (secondary N) is 1. The predicted octanol–water partition coefficient (Wildman–Crippen LogP) is 2.38. The number of carboxylic acid groups (broad SMARTS) is 1. The number of hydrogen-bond acceptors (Lipinski definition) is 5. The van der Waals surface area contributed by atoms with E-state index in [1.165, 1.54) is 25.4 Å². The Labute approximate surface area is 135 Å².